The number of carboxylic acids is 1. The Hall–Kier alpha value is -2.09. The molecule has 160 valence electrons. The van der Waals surface area contributed by atoms with Crippen molar-refractivity contribution in [1.29, 1.82) is 0 Å². The summed E-state index contributed by atoms with van der Waals surface area (Å²) in [6.45, 7) is -1.26. The van der Waals surface area contributed by atoms with Gasteiger partial charge in [-0.1, -0.05) is 0 Å². The van der Waals surface area contributed by atoms with E-state index in [9.17, 15) is 31.8 Å². The Morgan fingerprint density at radius 1 is 0.800 bits per heavy atom. The predicted molar refractivity (Wildman–Crippen MR) is 97.6 cm³/mol. The number of aliphatic carboxylic acids is 1. The maximum atomic E-state index is 11.3. The average Bonchev–Trinajstić information content (AvgIpc) is 2.56. The molecule has 0 spiro atoms. The van der Waals surface area contributed by atoms with Crippen molar-refractivity contribution in [3.05, 3.63) is 47.5 Å². The van der Waals surface area contributed by atoms with Crippen LogP contribution in [0, 0.1) is 0 Å². The molecule has 0 radical (unpaired) electrons. The van der Waals surface area contributed by atoms with Gasteiger partial charge < -0.3 is 15.3 Å². The number of hydrogen-bond acceptors (Lipinski definition) is 8. The van der Waals surface area contributed by atoms with Crippen molar-refractivity contribution < 1.29 is 65.5 Å². The molecule has 0 aliphatic rings. The molecule has 0 amide bonds. The van der Waals surface area contributed by atoms with Crippen LogP contribution in [0.5, 0.6) is 11.5 Å². The van der Waals surface area contributed by atoms with Crippen LogP contribution in [0.4, 0.5) is 0 Å². The molecular formula is C16H17NO10S2Zn. The monoisotopic (exact) mass is 511 g/mol. The molecule has 5 N–H and O–H groups in total. The molecule has 2 aromatic rings. The molecule has 0 aliphatic heterocycles. The zero-order valence-corrected chi connectivity index (χ0v) is 19.9. The molecular weight excluding hydrogens is 496 g/mol. The molecule has 0 unspecified atom stereocenters. The number of phenolic OH excluding ortho intramolecular Hbond substituents is 2. The molecule has 0 bridgehead atoms. The summed E-state index contributed by atoms with van der Waals surface area (Å²) in [6, 6.07) is 5.83. The summed E-state index contributed by atoms with van der Waals surface area (Å²) >= 11 is 0. The van der Waals surface area contributed by atoms with Crippen LogP contribution in [0.15, 0.2) is 46.2 Å². The minimum Gasteiger partial charge on any atom is -0.508 e. The Bertz CT molecular complexity index is 1070. The topological polar surface area (TPSA) is 190 Å². The minimum absolute atomic E-state index is 0. The van der Waals surface area contributed by atoms with Crippen LogP contribution in [0.25, 0.3) is 0 Å². The fourth-order valence-electron chi connectivity index (χ4n) is 2.54. The smallest absolute Gasteiger partial charge is 0.317 e. The van der Waals surface area contributed by atoms with Crippen LogP contribution in [0.3, 0.4) is 0 Å². The number of nitrogens with zero attached hydrogens (tertiary/aromatic N) is 1. The SMILES string of the molecule is O=C(O)CN(Cc1cc(S(=O)(=O)O)ccc1O)Cc1cc(S(=O)(=O)O)ccc1O.[Zn]. The molecule has 30 heavy (non-hydrogen) atoms. The Labute approximate surface area is 184 Å². The van der Waals surface area contributed by atoms with Gasteiger partial charge in [0, 0.05) is 43.7 Å². The zero-order chi connectivity index (χ0) is 22.0. The summed E-state index contributed by atoms with van der Waals surface area (Å²) in [5, 5.41) is 29.0. The Morgan fingerprint density at radius 2 is 1.17 bits per heavy atom. The van der Waals surface area contributed by atoms with Crippen LogP contribution >= 0.6 is 0 Å². The molecule has 11 nitrogen and oxygen atoms in total. The van der Waals surface area contributed by atoms with Crippen molar-refractivity contribution in [3.63, 3.8) is 0 Å². The van der Waals surface area contributed by atoms with E-state index in [0.29, 0.717) is 0 Å². The van der Waals surface area contributed by atoms with Gasteiger partial charge in [0.25, 0.3) is 20.2 Å². The van der Waals surface area contributed by atoms with Crippen molar-refractivity contribution in [2.45, 2.75) is 22.9 Å². The van der Waals surface area contributed by atoms with Gasteiger partial charge in [-0.25, -0.2) is 0 Å². The minimum atomic E-state index is -4.57. The van der Waals surface area contributed by atoms with Gasteiger partial charge in [-0.05, 0) is 36.4 Å². The first-order valence-corrected chi connectivity index (χ1v) is 10.7. The number of rotatable bonds is 8. The van der Waals surface area contributed by atoms with Crippen molar-refractivity contribution in [1.82, 2.24) is 4.90 Å². The van der Waals surface area contributed by atoms with Crippen LogP contribution in [-0.2, 0) is 57.6 Å². The zero-order valence-electron chi connectivity index (χ0n) is 15.3. The Kier molecular flexibility index (Phi) is 8.49. The summed E-state index contributed by atoms with van der Waals surface area (Å²) in [7, 11) is -9.14. The van der Waals surface area contributed by atoms with E-state index in [4.69, 9.17) is 14.2 Å². The van der Waals surface area contributed by atoms with E-state index in [2.05, 4.69) is 0 Å². The maximum absolute atomic E-state index is 11.3. The van der Waals surface area contributed by atoms with Crippen LogP contribution in [0.2, 0.25) is 0 Å². The van der Waals surface area contributed by atoms with E-state index in [1.54, 1.807) is 0 Å². The van der Waals surface area contributed by atoms with Gasteiger partial charge in [-0.15, -0.1) is 0 Å². The van der Waals surface area contributed by atoms with Crippen molar-refractivity contribution in [2.24, 2.45) is 0 Å². The third-order valence-corrected chi connectivity index (χ3v) is 5.54. The molecule has 0 aliphatic carbocycles. The largest absolute Gasteiger partial charge is 0.508 e. The van der Waals surface area contributed by atoms with Gasteiger partial charge in [-0.2, -0.15) is 16.8 Å². The van der Waals surface area contributed by atoms with E-state index < -0.39 is 42.5 Å². The van der Waals surface area contributed by atoms with Crippen molar-refractivity contribution >= 4 is 26.2 Å². The number of phenols is 2. The summed E-state index contributed by atoms with van der Waals surface area (Å²) < 4.78 is 63.4. The van der Waals surface area contributed by atoms with Crippen molar-refractivity contribution in [2.75, 3.05) is 6.54 Å². The van der Waals surface area contributed by atoms with E-state index in [0.717, 1.165) is 41.3 Å². The first-order valence-electron chi connectivity index (χ1n) is 7.80. The third kappa shape index (κ3) is 7.01. The predicted octanol–water partition coefficient (Wildman–Crippen LogP) is 0.675. The first kappa shape index (κ1) is 25.9. The first-order chi connectivity index (χ1) is 13.3. The molecule has 14 heteroatoms. The summed E-state index contributed by atoms with van der Waals surface area (Å²) in [5.74, 6) is -2.03. The van der Waals surface area contributed by atoms with Gasteiger partial charge in [-0.3, -0.25) is 18.8 Å². The number of carbonyl (C=O) groups is 1. The number of hydrogen-bond donors (Lipinski definition) is 5. The standard InChI is InChI=1S/C16H17NO10S2.Zn/c18-14-3-1-12(28(22,23)24)5-10(14)7-17(9-16(20)21)8-11-6-13(29(25,26)27)2-4-15(11)19;/h1-6,18-19H,7-9H2,(H,20,21)(H,22,23,24)(H,25,26,27);. The molecule has 0 aromatic heterocycles. The summed E-state index contributed by atoms with van der Waals surface area (Å²) in [6.07, 6.45) is 0. The Morgan fingerprint density at radius 3 is 1.47 bits per heavy atom. The molecule has 0 atom stereocenters. The number of benzene rings is 2. The molecule has 0 saturated heterocycles. The maximum Gasteiger partial charge on any atom is 0.317 e. The van der Waals surface area contributed by atoms with E-state index in [-0.39, 0.29) is 55.2 Å². The number of aromatic hydroxyl groups is 2. The normalized spacial score (nSPS) is 11.8. The number of carboxylic acid groups (broad SMARTS) is 1. The molecule has 0 fully saturated rings. The van der Waals surface area contributed by atoms with Crippen LogP contribution in [0.1, 0.15) is 11.1 Å². The van der Waals surface area contributed by atoms with Crippen LogP contribution < -0.4 is 0 Å². The molecule has 2 aromatic carbocycles. The second-order valence-corrected chi connectivity index (χ2v) is 8.91. The molecule has 2 rings (SSSR count). The molecule has 0 heterocycles. The average molecular weight is 513 g/mol. The van der Waals surface area contributed by atoms with E-state index in [1.165, 1.54) is 0 Å². The van der Waals surface area contributed by atoms with Crippen LogP contribution in [-0.4, -0.2) is 58.7 Å². The van der Waals surface area contributed by atoms with E-state index >= 15 is 0 Å². The van der Waals surface area contributed by atoms with Gasteiger partial charge in [0.1, 0.15) is 11.5 Å². The van der Waals surface area contributed by atoms with Gasteiger partial charge in [0.2, 0.25) is 0 Å². The van der Waals surface area contributed by atoms with Gasteiger partial charge in [0.05, 0.1) is 16.3 Å². The fourth-order valence-corrected chi connectivity index (χ4v) is 3.60. The van der Waals surface area contributed by atoms with Gasteiger partial charge in [0.15, 0.2) is 0 Å². The third-order valence-electron chi connectivity index (χ3n) is 3.84. The summed E-state index contributed by atoms with van der Waals surface area (Å²) in [4.78, 5) is 11.3. The van der Waals surface area contributed by atoms with Crippen molar-refractivity contribution in [3.8, 4) is 11.5 Å². The quantitative estimate of drug-likeness (QED) is 0.247. The second kappa shape index (κ2) is 9.81. The molecule has 0 saturated carbocycles. The van der Waals surface area contributed by atoms with E-state index in [1.807, 2.05) is 0 Å². The van der Waals surface area contributed by atoms with Gasteiger partial charge >= 0.3 is 5.97 Å². The summed E-state index contributed by atoms with van der Waals surface area (Å²) in [5.41, 5.74) is -0.0707. The second-order valence-electron chi connectivity index (χ2n) is 6.07. The fraction of sp³-hybridized carbons (Fsp3) is 0.188. The Balaban J connectivity index is 0.00000450.